The Balaban J connectivity index is 0.000000143. The van der Waals surface area contributed by atoms with Crippen molar-refractivity contribution in [3.05, 3.63) is 59.7 Å². The molecule has 124 valence electrons. The number of carbonyl (C=O) groups excluding carboxylic acids is 2. The Morgan fingerprint density at radius 2 is 1.58 bits per heavy atom. The van der Waals surface area contributed by atoms with Crippen LogP contribution in [0.5, 0.6) is 0 Å². The first-order valence-corrected chi connectivity index (χ1v) is 8.28. The van der Waals surface area contributed by atoms with Gasteiger partial charge in [-0.25, -0.2) is 0 Å². The lowest BCUT2D eigenvalue weighted by Crippen LogP contribution is -2.29. The van der Waals surface area contributed by atoms with Crippen molar-refractivity contribution in [1.29, 1.82) is 0 Å². The predicted molar refractivity (Wildman–Crippen MR) is 96.2 cm³/mol. The van der Waals surface area contributed by atoms with Crippen LogP contribution in [0.2, 0.25) is 0 Å². The molecule has 2 aliphatic heterocycles. The van der Waals surface area contributed by atoms with Crippen LogP contribution in [-0.4, -0.2) is 11.8 Å². The molecule has 0 aliphatic carbocycles. The van der Waals surface area contributed by atoms with Gasteiger partial charge >= 0.3 is 0 Å². The summed E-state index contributed by atoms with van der Waals surface area (Å²) in [6.07, 6.45) is 0.843. The van der Waals surface area contributed by atoms with E-state index in [0.29, 0.717) is 0 Å². The van der Waals surface area contributed by atoms with Crippen molar-refractivity contribution in [2.24, 2.45) is 0 Å². The topological polar surface area (TPSA) is 58.2 Å². The van der Waals surface area contributed by atoms with Crippen LogP contribution in [-0.2, 0) is 15.0 Å². The largest absolute Gasteiger partial charge is 0.325 e. The van der Waals surface area contributed by atoms with E-state index in [0.717, 1.165) is 28.9 Å². The van der Waals surface area contributed by atoms with E-state index in [4.69, 9.17) is 0 Å². The molecule has 0 bridgehead atoms. The van der Waals surface area contributed by atoms with Gasteiger partial charge in [0, 0.05) is 11.4 Å². The number of hydrogen-bond acceptors (Lipinski definition) is 2. The van der Waals surface area contributed by atoms with Gasteiger partial charge in [-0.15, -0.1) is 0 Å². The number of anilines is 2. The van der Waals surface area contributed by atoms with Gasteiger partial charge in [-0.2, -0.15) is 0 Å². The highest BCUT2D eigenvalue weighted by molar-refractivity contribution is 6.05. The van der Waals surface area contributed by atoms with Crippen molar-refractivity contribution < 1.29 is 9.59 Å². The molecule has 0 radical (unpaired) electrons. The maximum Gasteiger partial charge on any atom is 0.234 e. The second-order valence-corrected chi connectivity index (χ2v) is 6.48. The van der Waals surface area contributed by atoms with Crippen LogP contribution >= 0.6 is 0 Å². The summed E-state index contributed by atoms with van der Waals surface area (Å²) in [7, 11) is 0. The minimum absolute atomic E-state index is 0.0196. The number of fused-ring (bicyclic) bond motifs is 2. The molecule has 2 atom stereocenters. The highest BCUT2D eigenvalue weighted by Crippen LogP contribution is 2.39. The van der Waals surface area contributed by atoms with E-state index in [1.54, 1.807) is 0 Å². The number of carbonyl (C=O) groups is 2. The fraction of sp³-hybridized carbons (Fsp3) is 0.300. The van der Waals surface area contributed by atoms with Gasteiger partial charge in [-0.1, -0.05) is 43.3 Å². The number of benzene rings is 2. The minimum Gasteiger partial charge on any atom is -0.325 e. The Morgan fingerprint density at radius 1 is 0.958 bits per heavy atom. The van der Waals surface area contributed by atoms with E-state index in [1.165, 1.54) is 0 Å². The molecule has 0 fully saturated rings. The Morgan fingerprint density at radius 3 is 2.25 bits per heavy atom. The molecule has 24 heavy (non-hydrogen) atoms. The Bertz CT molecular complexity index is 800. The Hall–Kier alpha value is -2.62. The Kier molecular flexibility index (Phi) is 4.14. The number of hydrogen-bond donors (Lipinski definition) is 2. The average molecular weight is 322 g/mol. The summed E-state index contributed by atoms with van der Waals surface area (Å²) in [6, 6.07) is 15.7. The molecule has 2 heterocycles. The zero-order chi connectivity index (χ0) is 17.3. The third-order valence-electron chi connectivity index (χ3n) is 5.06. The monoisotopic (exact) mass is 322 g/mol. The third-order valence-corrected chi connectivity index (χ3v) is 5.06. The maximum atomic E-state index is 11.7. The van der Waals surface area contributed by atoms with Crippen LogP contribution in [0, 0.1) is 0 Å². The van der Waals surface area contributed by atoms with E-state index in [-0.39, 0.29) is 23.1 Å². The molecular formula is C20H22N2O2. The molecule has 0 saturated heterocycles. The predicted octanol–water partition coefficient (Wildman–Crippen LogP) is 4.05. The van der Waals surface area contributed by atoms with Crippen LogP contribution in [0.4, 0.5) is 11.4 Å². The summed E-state index contributed by atoms with van der Waals surface area (Å²) in [6.45, 7) is 5.96. The smallest absolute Gasteiger partial charge is 0.234 e. The lowest BCUT2D eigenvalue weighted by molar-refractivity contribution is -0.120. The third kappa shape index (κ3) is 2.58. The van der Waals surface area contributed by atoms with Crippen LogP contribution in [0.1, 0.15) is 44.2 Å². The fourth-order valence-corrected chi connectivity index (χ4v) is 3.18. The number of para-hydroxylation sites is 2. The average Bonchev–Trinajstić information content (AvgIpc) is 3.03. The molecule has 0 saturated carbocycles. The standard InChI is InChI=1S/C11H13NO.C9H9NO/c1-3-11(2)8-6-4-5-7-9(8)12-10(11)13;1-6-7-4-2-3-5-8(7)10-9(6)11/h4-7H,3H2,1-2H3,(H,12,13);2-6H,1H3,(H,10,11). The van der Waals surface area contributed by atoms with Crippen molar-refractivity contribution in [3.63, 3.8) is 0 Å². The Labute approximate surface area is 142 Å². The molecule has 2 amide bonds. The molecule has 0 spiro atoms. The molecule has 4 rings (SSSR count). The highest BCUT2D eigenvalue weighted by Gasteiger charge is 2.40. The molecule has 2 N–H and O–H groups in total. The summed E-state index contributed by atoms with van der Waals surface area (Å²) < 4.78 is 0. The van der Waals surface area contributed by atoms with Gasteiger partial charge in [0.25, 0.3) is 0 Å². The molecule has 4 heteroatoms. The van der Waals surface area contributed by atoms with E-state index in [1.807, 2.05) is 69.3 Å². The van der Waals surface area contributed by atoms with Crippen molar-refractivity contribution in [2.45, 2.75) is 38.5 Å². The van der Waals surface area contributed by atoms with Crippen LogP contribution < -0.4 is 10.6 Å². The summed E-state index contributed by atoms with van der Waals surface area (Å²) in [5.41, 5.74) is 3.85. The molecule has 2 unspecified atom stereocenters. The summed E-state index contributed by atoms with van der Waals surface area (Å²) in [4.78, 5) is 22.8. The number of rotatable bonds is 1. The second kappa shape index (κ2) is 6.11. The second-order valence-electron chi connectivity index (χ2n) is 6.48. The molecule has 2 aliphatic rings. The van der Waals surface area contributed by atoms with E-state index < -0.39 is 0 Å². The quantitative estimate of drug-likeness (QED) is 0.832. The minimum atomic E-state index is -0.323. The van der Waals surface area contributed by atoms with Gasteiger partial charge in [0.2, 0.25) is 11.8 Å². The van der Waals surface area contributed by atoms with E-state index >= 15 is 0 Å². The van der Waals surface area contributed by atoms with Crippen LogP contribution in [0.3, 0.4) is 0 Å². The zero-order valence-electron chi connectivity index (χ0n) is 14.2. The van der Waals surface area contributed by atoms with Crippen molar-refractivity contribution >= 4 is 23.2 Å². The lowest BCUT2D eigenvalue weighted by Gasteiger charge is -2.19. The number of nitrogens with one attached hydrogen (secondary N) is 2. The van der Waals surface area contributed by atoms with Gasteiger partial charge in [0.05, 0.1) is 11.3 Å². The molecule has 2 aromatic carbocycles. The summed E-state index contributed by atoms with van der Waals surface area (Å²) in [5.74, 6) is 0.244. The molecule has 4 nitrogen and oxygen atoms in total. The van der Waals surface area contributed by atoms with Gasteiger partial charge in [-0.3, -0.25) is 9.59 Å². The van der Waals surface area contributed by atoms with Gasteiger partial charge in [0.1, 0.15) is 0 Å². The van der Waals surface area contributed by atoms with Crippen LogP contribution in [0.25, 0.3) is 0 Å². The molecule has 0 aromatic heterocycles. The first kappa shape index (κ1) is 16.2. The summed E-state index contributed by atoms with van der Waals surface area (Å²) in [5, 5.41) is 5.71. The lowest BCUT2D eigenvalue weighted by atomic mass is 9.81. The number of amides is 2. The highest BCUT2D eigenvalue weighted by atomic mass is 16.2. The first-order chi connectivity index (χ1) is 11.5. The van der Waals surface area contributed by atoms with Crippen molar-refractivity contribution in [3.8, 4) is 0 Å². The SMILES string of the molecule is CC1C(=O)Nc2ccccc21.CCC1(C)C(=O)Nc2ccccc21. The van der Waals surface area contributed by atoms with Crippen LogP contribution in [0.15, 0.2) is 48.5 Å². The zero-order valence-corrected chi connectivity index (χ0v) is 14.2. The van der Waals surface area contributed by atoms with Crippen molar-refractivity contribution in [1.82, 2.24) is 0 Å². The van der Waals surface area contributed by atoms with E-state index in [2.05, 4.69) is 10.6 Å². The van der Waals surface area contributed by atoms with Crippen molar-refractivity contribution in [2.75, 3.05) is 10.6 Å². The van der Waals surface area contributed by atoms with Gasteiger partial charge in [0.15, 0.2) is 0 Å². The maximum absolute atomic E-state index is 11.7. The fourth-order valence-electron chi connectivity index (χ4n) is 3.18. The van der Waals surface area contributed by atoms with Gasteiger partial charge < -0.3 is 10.6 Å². The van der Waals surface area contributed by atoms with E-state index in [9.17, 15) is 9.59 Å². The normalized spacial score (nSPS) is 23.5. The molecule has 2 aromatic rings. The molecular weight excluding hydrogens is 300 g/mol. The van der Waals surface area contributed by atoms with Gasteiger partial charge in [-0.05, 0) is 43.5 Å². The first-order valence-electron chi connectivity index (χ1n) is 8.28. The summed E-state index contributed by atoms with van der Waals surface area (Å²) >= 11 is 0.